The van der Waals surface area contributed by atoms with Crippen molar-refractivity contribution in [1.82, 2.24) is 5.32 Å². The van der Waals surface area contributed by atoms with E-state index in [0.717, 1.165) is 5.56 Å². The minimum atomic E-state index is -0.625. The molecule has 0 aromatic heterocycles. The second-order valence-electron chi connectivity index (χ2n) is 4.49. The molecule has 0 bridgehead atoms. The molecule has 1 unspecified atom stereocenters. The third-order valence-electron chi connectivity index (χ3n) is 2.80. The van der Waals surface area contributed by atoms with Gasteiger partial charge in [-0.3, -0.25) is 4.79 Å². The molecular weight excluding hydrogens is 256 g/mol. The Kier molecular flexibility index (Phi) is 6.06. The van der Waals surface area contributed by atoms with E-state index in [1.54, 1.807) is 26.2 Å². The summed E-state index contributed by atoms with van der Waals surface area (Å²) in [4.78, 5) is 11.8. The van der Waals surface area contributed by atoms with Crippen LogP contribution in [0.4, 0.5) is 0 Å². The number of hydrogen-bond donors (Lipinski definition) is 2. The van der Waals surface area contributed by atoms with E-state index in [-0.39, 0.29) is 11.9 Å². The molecular formula is C15H22N2O3. The van der Waals surface area contributed by atoms with Gasteiger partial charge in [0.15, 0.2) is 6.10 Å². The van der Waals surface area contributed by atoms with E-state index in [0.29, 0.717) is 18.0 Å². The first-order chi connectivity index (χ1) is 9.49. The molecule has 5 heteroatoms. The third-order valence-corrected chi connectivity index (χ3v) is 2.80. The van der Waals surface area contributed by atoms with Crippen LogP contribution in [0.2, 0.25) is 0 Å². The van der Waals surface area contributed by atoms with Gasteiger partial charge in [0.25, 0.3) is 5.91 Å². The maximum atomic E-state index is 11.8. The molecule has 1 rings (SSSR count). The van der Waals surface area contributed by atoms with E-state index >= 15 is 0 Å². The first kappa shape index (κ1) is 16.0. The number of nitrogens with two attached hydrogens (primary N) is 1. The third kappa shape index (κ3) is 4.28. The van der Waals surface area contributed by atoms with E-state index in [1.165, 1.54) is 0 Å². The van der Waals surface area contributed by atoms with E-state index in [2.05, 4.69) is 11.9 Å². The summed E-state index contributed by atoms with van der Waals surface area (Å²) < 4.78 is 10.9. The van der Waals surface area contributed by atoms with Crippen LogP contribution in [-0.4, -0.2) is 25.7 Å². The average molecular weight is 278 g/mol. The van der Waals surface area contributed by atoms with E-state index in [4.69, 9.17) is 15.2 Å². The van der Waals surface area contributed by atoms with Gasteiger partial charge in [0, 0.05) is 24.2 Å². The molecule has 0 aliphatic rings. The molecule has 3 N–H and O–H groups in total. The van der Waals surface area contributed by atoms with Gasteiger partial charge in [0.1, 0.15) is 11.5 Å². The molecule has 1 amide bonds. The number of rotatable bonds is 7. The zero-order valence-electron chi connectivity index (χ0n) is 12.2. The van der Waals surface area contributed by atoms with Crippen LogP contribution in [0.1, 0.15) is 25.5 Å². The van der Waals surface area contributed by atoms with Crippen molar-refractivity contribution in [2.45, 2.75) is 26.0 Å². The Morgan fingerprint density at radius 1 is 1.50 bits per heavy atom. The number of carbonyl (C=O) groups excluding carboxylic acids is 1. The topological polar surface area (TPSA) is 73.6 Å². The molecule has 0 aliphatic carbocycles. The number of amides is 1. The van der Waals surface area contributed by atoms with Crippen LogP contribution in [0.15, 0.2) is 30.9 Å². The molecule has 5 nitrogen and oxygen atoms in total. The van der Waals surface area contributed by atoms with Gasteiger partial charge in [0.2, 0.25) is 0 Å². The van der Waals surface area contributed by atoms with E-state index in [9.17, 15) is 4.79 Å². The van der Waals surface area contributed by atoms with Gasteiger partial charge < -0.3 is 20.5 Å². The second-order valence-corrected chi connectivity index (χ2v) is 4.49. The van der Waals surface area contributed by atoms with Crippen LogP contribution < -0.4 is 20.5 Å². The minimum absolute atomic E-state index is 0.195. The fourth-order valence-electron chi connectivity index (χ4n) is 1.68. The lowest BCUT2D eigenvalue weighted by molar-refractivity contribution is -0.127. The number of methoxy groups -OCH3 is 1. The Morgan fingerprint density at radius 2 is 2.20 bits per heavy atom. The molecule has 110 valence electrons. The molecule has 1 aromatic rings. The maximum absolute atomic E-state index is 11.8. The van der Waals surface area contributed by atoms with Crippen LogP contribution >= 0.6 is 0 Å². The monoisotopic (exact) mass is 278 g/mol. The molecule has 0 aliphatic heterocycles. The van der Waals surface area contributed by atoms with E-state index in [1.807, 2.05) is 19.1 Å². The summed E-state index contributed by atoms with van der Waals surface area (Å²) in [5.41, 5.74) is 6.73. The average Bonchev–Trinajstić information content (AvgIpc) is 2.44. The molecule has 20 heavy (non-hydrogen) atoms. The summed E-state index contributed by atoms with van der Waals surface area (Å²) in [6.07, 6.45) is 0.989. The van der Waals surface area contributed by atoms with E-state index < -0.39 is 6.10 Å². The van der Waals surface area contributed by atoms with Crippen molar-refractivity contribution in [3.05, 3.63) is 36.4 Å². The Bertz CT molecular complexity index is 472. The van der Waals surface area contributed by atoms with Gasteiger partial charge in [-0.25, -0.2) is 0 Å². The van der Waals surface area contributed by atoms with Gasteiger partial charge in [0.05, 0.1) is 7.11 Å². The Labute approximate surface area is 119 Å². The summed E-state index contributed by atoms with van der Waals surface area (Å²) in [7, 11) is 1.57. The van der Waals surface area contributed by atoms with Gasteiger partial charge in [-0.15, -0.1) is 6.58 Å². The van der Waals surface area contributed by atoms with Gasteiger partial charge in [-0.2, -0.15) is 0 Å². The summed E-state index contributed by atoms with van der Waals surface area (Å²) in [5, 5.41) is 2.69. The Morgan fingerprint density at radius 3 is 2.75 bits per heavy atom. The molecule has 1 aromatic carbocycles. The minimum Gasteiger partial charge on any atom is -0.497 e. The van der Waals surface area contributed by atoms with Crippen molar-refractivity contribution >= 4 is 5.91 Å². The number of carbonyl (C=O) groups is 1. The highest BCUT2D eigenvalue weighted by Gasteiger charge is 2.17. The zero-order valence-corrected chi connectivity index (χ0v) is 12.2. The quantitative estimate of drug-likeness (QED) is 0.746. The van der Waals surface area contributed by atoms with Crippen molar-refractivity contribution in [3.8, 4) is 11.5 Å². The van der Waals surface area contributed by atoms with Crippen LogP contribution in [0.5, 0.6) is 11.5 Å². The fourth-order valence-corrected chi connectivity index (χ4v) is 1.68. The summed E-state index contributed by atoms with van der Waals surface area (Å²) in [5.74, 6) is 1.01. The van der Waals surface area contributed by atoms with Crippen LogP contribution in [0, 0.1) is 0 Å². The molecule has 2 atom stereocenters. The van der Waals surface area contributed by atoms with Crippen LogP contribution in [0.3, 0.4) is 0 Å². The van der Waals surface area contributed by atoms with Gasteiger partial charge in [-0.05, 0) is 19.9 Å². The number of hydrogen-bond acceptors (Lipinski definition) is 4. The molecule has 0 radical (unpaired) electrons. The number of ether oxygens (including phenoxy) is 2. The standard InChI is InChI=1S/C15H22N2O3/c1-5-8-17-15(18)11(3)20-14-9-12(19-4)6-7-13(14)10(2)16/h5-7,9-11H,1,8,16H2,2-4H3,(H,17,18)/t10-,11?/m1/s1. The van der Waals surface area contributed by atoms with Gasteiger partial charge >= 0.3 is 0 Å². The van der Waals surface area contributed by atoms with Crippen molar-refractivity contribution in [3.63, 3.8) is 0 Å². The molecule has 0 fully saturated rings. The SMILES string of the molecule is C=CCNC(=O)C(C)Oc1cc(OC)ccc1[C@@H](C)N. The summed E-state index contributed by atoms with van der Waals surface area (Å²) >= 11 is 0. The second kappa shape index (κ2) is 7.55. The van der Waals surface area contributed by atoms with Crippen molar-refractivity contribution in [2.24, 2.45) is 5.73 Å². The summed E-state index contributed by atoms with van der Waals surface area (Å²) in [6.45, 7) is 7.50. The van der Waals surface area contributed by atoms with Crippen molar-refractivity contribution in [1.29, 1.82) is 0 Å². The predicted octanol–water partition coefficient (Wildman–Crippen LogP) is 1.78. The smallest absolute Gasteiger partial charge is 0.261 e. The maximum Gasteiger partial charge on any atom is 0.261 e. The Hall–Kier alpha value is -2.01. The predicted molar refractivity (Wildman–Crippen MR) is 78.9 cm³/mol. The fraction of sp³-hybridized carbons (Fsp3) is 0.400. The molecule has 0 saturated carbocycles. The highest BCUT2D eigenvalue weighted by atomic mass is 16.5. The molecule has 0 saturated heterocycles. The van der Waals surface area contributed by atoms with Gasteiger partial charge in [-0.1, -0.05) is 12.1 Å². The van der Waals surface area contributed by atoms with Crippen LogP contribution in [0.25, 0.3) is 0 Å². The number of nitrogens with one attached hydrogen (secondary N) is 1. The zero-order chi connectivity index (χ0) is 15.1. The van der Waals surface area contributed by atoms with Crippen molar-refractivity contribution in [2.75, 3.05) is 13.7 Å². The largest absolute Gasteiger partial charge is 0.497 e. The normalized spacial score (nSPS) is 13.2. The first-order valence-electron chi connectivity index (χ1n) is 6.48. The molecule has 0 heterocycles. The molecule has 0 spiro atoms. The Balaban J connectivity index is 2.88. The lowest BCUT2D eigenvalue weighted by Crippen LogP contribution is -2.36. The van der Waals surface area contributed by atoms with Crippen molar-refractivity contribution < 1.29 is 14.3 Å². The lowest BCUT2D eigenvalue weighted by atomic mass is 10.1. The summed E-state index contributed by atoms with van der Waals surface area (Å²) in [6, 6.07) is 5.19. The lowest BCUT2D eigenvalue weighted by Gasteiger charge is -2.19. The highest BCUT2D eigenvalue weighted by Crippen LogP contribution is 2.29. The first-order valence-corrected chi connectivity index (χ1v) is 6.48. The van der Waals surface area contributed by atoms with Crippen LogP contribution in [-0.2, 0) is 4.79 Å². The number of benzene rings is 1. The highest BCUT2D eigenvalue weighted by molar-refractivity contribution is 5.80.